The first-order valence-electron chi connectivity index (χ1n) is 7.24. The molecule has 0 aliphatic heterocycles. The monoisotopic (exact) mass is 303 g/mol. The molecule has 1 aliphatic rings. The second kappa shape index (κ2) is 6.97. The van der Waals surface area contributed by atoms with Crippen molar-refractivity contribution in [3.8, 4) is 5.75 Å². The van der Waals surface area contributed by atoms with E-state index in [1.807, 2.05) is 0 Å². The lowest BCUT2D eigenvalue weighted by molar-refractivity contribution is 0.411. The third-order valence-corrected chi connectivity index (χ3v) is 4.31. The van der Waals surface area contributed by atoms with E-state index in [1.54, 1.807) is 7.11 Å². The molecule has 3 heteroatoms. The molecule has 0 radical (unpaired) electrons. The Bertz CT molecular complexity index is 585. The topological polar surface area (TPSA) is 35.2 Å². The highest BCUT2D eigenvalue weighted by Crippen LogP contribution is 2.35. The Morgan fingerprint density at radius 3 is 2.62 bits per heavy atom. The Labute approximate surface area is 132 Å². The van der Waals surface area contributed by atoms with Crippen LogP contribution in [0.4, 0.5) is 0 Å². The molecular weight excluding hydrogens is 282 g/mol. The van der Waals surface area contributed by atoms with Gasteiger partial charge in [0.2, 0.25) is 0 Å². The quantitative estimate of drug-likeness (QED) is 0.938. The standard InChI is InChI=1S/C18H21NO.ClH/c1-20-15-8-9-16-14(12-15)7-10-18(19)17(16)11-13-5-3-2-4-6-13;/h2-6,8-9,12,17-18H,7,10-11,19H2,1H3;1H. The third-order valence-electron chi connectivity index (χ3n) is 4.31. The van der Waals surface area contributed by atoms with Gasteiger partial charge in [0.15, 0.2) is 0 Å². The SMILES string of the molecule is COc1ccc2c(c1)CCC(N)C2Cc1ccccc1.Cl. The van der Waals surface area contributed by atoms with Crippen LogP contribution in [-0.4, -0.2) is 13.2 Å². The number of nitrogens with two attached hydrogens (primary N) is 1. The fourth-order valence-electron chi connectivity index (χ4n) is 3.17. The van der Waals surface area contributed by atoms with Gasteiger partial charge >= 0.3 is 0 Å². The van der Waals surface area contributed by atoms with Crippen molar-refractivity contribution >= 4 is 12.4 Å². The van der Waals surface area contributed by atoms with E-state index < -0.39 is 0 Å². The van der Waals surface area contributed by atoms with E-state index in [4.69, 9.17) is 10.5 Å². The Morgan fingerprint density at radius 1 is 1.14 bits per heavy atom. The summed E-state index contributed by atoms with van der Waals surface area (Å²) < 4.78 is 5.33. The van der Waals surface area contributed by atoms with E-state index in [0.29, 0.717) is 5.92 Å². The molecule has 0 saturated carbocycles. The predicted molar refractivity (Wildman–Crippen MR) is 89.4 cm³/mol. The van der Waals surface area contributed by atoms with Gasteiger partial charge in [-0.25, -0.2) is 0 Å². The zero-order valence-corrected chi connectivity index (χ0v) is 13.1. The highest BCUT2D eigenvalue weighted by atomic mass is 35.5. The van der Waals surface area contributed by atoms with Gasteiger partial charge in [0, 0.05) is 12.0 Å². The van der Waals surface area contributed by atoms with Gasteiger partial charge in [-0.15, -0.1) is 12.4 Å². The second-order valence-corrected chi connectivity index (χ2v) is 5.56. The molecule has 0 spiro atoms. The van der Waals surface area contributed by atoms with Crippen molar-refractivity contribution in [1.29, 1.82) is 0 Å². The van der Waals surface area contributed by atoms with Crippen molar-refractivity contribution in [2.75, 3.05) is 7.11 Å². The molecule has 2 aromatic carbocycles. The summed E-state index contributed by atoms with van der Waals surface area (Å²) in [6, 6.07) is 17.3. The molecule has 2 unspecified atom stereocenters. The molecule has 2 atom stereocenters. The summed E-state index contributed by atoms with van der Waals surface area (Å²) in [4.78, 5) is 0. The molecule has 2 nitrogen and oxygen atoms in total. The fourth-order valence-corrected chi connectivity index (χ4v) is 3.17. The molecule has 112 valence electrons. The summed E-state index contributed by atoms with van der Waals surface area (Å²) in [6.07, 6.45) is 3.12. The zero-order chi connectivity index (χ0) is 13.9. The van der Waals surface area contributed by atoms with Gasteiger partial charge in [-0.1, -0.05) is 36.4 Å². The number of ether oxygens (including phenoxy) is 1. The summed E-state index contributed by atoms with van der Waals surface area (Å²) in [5.74, 6) is 1.35. The minimum Gasteiger partial charge on any atom is -0.497 e. The molecule has 0 fully saturated rings. The number of hydrogen-bond donors (Lipinski definition) is 1. The van der Waals surface area contributed by atoms with E-state index in [0.717, 1.165) is 25.0 Å². The lowest BCUT2D eigenvalue weighted by Crippen LogP contribution is -2.34. The normalized spacial score (nSPS) is 20.3. The van der Waals surface area contributed by atoms with Crippen LogP contribution in [0.1, 0.15) is 29.0 Å². The predicted octanol–water partition coefficient (Wildman–Crippen LogP) is 3.72. The summed E-state index contributed by atoms with van der Waals surface area (Å²) in [5, 5.41) is 0. The molecule has 0 saturated heterocycles. The number of aryl methyl sites for hydroxylation is 1. The summed E-state index contributed by atoms with van der Waals surface area (Å²) in [6.45, 7) is 0. The number of hydrogen-bond acceptors (Lipinski definition) is 2. The van der Waals surface area contributed by atoms with Gasteiger partial charge < -0.3 is 10.5 Å². The first-order valence-corrected chi connectivity index (χ1v) is 7.24. The van der Waals surface area contributed by atoms with Crippen LogP contribution in [-0.2, 0) is 12.8 Å². The maximum absolute atomic E-state index is 6.38. The number of rotatable bonds is 3. The Balaban J connectivity index is 0.00000161. The minimum atomic E-state index is 0. The molecule has 2 N–H and O–H groups in total. The summed E-state index contributed by atoms with van der Waals surface area (Å²) in [7, 11) is 1.72. The van der Waals surface area contributed by atoms with Crippen LogP contribution in [0.5, 0.6) is 5.75 Å². The minimum absolute atomic E-state index is 0. The lowest BCUT2D eigenvalue weighted by Gasteiger charge is -2.31. The smallest absolute Gasteiger partial charge is 0.119 e. The van der Waals surface area contributed by atoms with Crippen molar-refractivity contribution in [2.24, 2.45) is 5.73 Å². The van der Waals surface area contributed by atoms with E-state index in [-0.39, 0.29) is 18.4 Å². The molecule has 3 rings (SSSR count). The van der Waals surface area contributed by atoms with Crippen LogP contribution in [0.3, 0.4) is 0 Å². The molecule has 1 aliphatic carbocycles. The van der Waals surface area contributed by atoms with Gasteiger partial charge in [0.05, 0.1) is 7.11 Å². The van der Waals surface area contributed by atoms with E-state index in [2.05, 4.69) is 48.5 Å². The second-order valence-electron chi connectivity index (χ2n) is 5.56. The van der Waals surface area contributed by atoms with E-state index in [9.17, 15) is 0 Å². The van der Waals surface area contributed by atoms with Crippen molar-refractivity contribution < 1.29 is 4.74 Å². The summed E-state index contributed by atoms with van der Waals surface area (Å²) in [5.41, 5.74) is 10.5. The molecule has 0 bridgehead atoms. The number of methoxy groups -OCH3 is 1. The average Bonchev–Trinajstić information content (AvgIpc) is 2.50. The molecule has 2 aromatic rings. The van der Waals surface area contributed by atoms with Crippen LogP contribution in [0.2, 0.25) is 0 Å². The zero-order valence-electron chi connectivity index (χ0n) is 12.3. The largest absolute Gasteiger partial charge is 0.497 e. The van der Waals surface area contributed by atoms with Gasteiger partial charge in [-0.2, -0.15) is 0 Å². The van der Waals surface area contributed by atoms with E-state index >= 15 is 0 Å². The first-order chi connectivity index (χ1) is 9.78. The van der Waals surface area contributed by atoms with E-state index in [1.165, 1.54) is 16.7 Å². The van der Waals surface area contributed by atoms with Crippen molar-refractivity contribution in [1.82, 2.24) is 0 Å². The average molecular weight is 304 g/mol. The molecular formula is C18H22ClNO. The Morgan fingerprint density at radius 2 is 1.90 bits per heavy atom. The number of halogens is 1. The summed E-state index contributed by atoms with van der Waals surface area (Å²) >= 11 is 0. The fraction of sp³-hybridized carbons (Fsp3) is 0.333. The lowest BCUT2D eigenvalue weighted by atomic mass is 9.76. The highest BCUT2D eigenvalue weighted by Gasteiger charge is 2.27. The van der Waals surface area contributed by atoms with Crippen LogP contribution in [0.15, 0.2) is 48.5 Å². The first kappa shape index (κ1) is 15.9. The molecule has 0 amide bonds. The van der Waals surface area contributed by atoms with Gasteiger partial charge in [0.25, 0.3) is 0 Å². The van der Waals surface area contributed by atoms with Gasteiger partial charge in [-0.3, -0.25) is 0 Å². The van der Waals surface area contributed by atoms with Crippen molar-refractivity contribution in [3.05, 3.63) is 65.2 Å². The number of fused-ring (bicyclic) bond motifs is 1. The number of benzene rings is 2. The Hall–Kier alpha value is -1.51. The maximum Gasteiger partial charge on any atom is 0.119 e. The van der Waals surface area contributed by atoms with Gasteiger partial charge in [-0.05, 0) is 48.1 Å². The Kier molecular flexibility index (Phi) is 5.27. The molecule has 0 aromatic heterocycles. The van der Waals surface area contributed by atoms with Gasteiger partial charge in [0.1, 0.15) is 5.75 Å². The maximum atomic E-state index is 6.38. The molecule has 0 heterocycles. The van der Waals surface area contributed by atoms with Crippen LogP contribution < -0.4 is 10.5 Å². The van der Waals surface area contributed by atoms with Crippen molar-refractivity contribution in [3.63, 3.8) is 0 Å². The third kappa shape index (κ3) is 3.39. The van der Waals surface area contributed by atoms with Crippen LogP contribution in [0, 0.1) is 0 Å². The highest BCUT2D eigenvalue weighted by molar-refractivity contribution is 5.85. The van der Waals surface area contributed by atoms with Crippen LogP contribution >= 0.6 is 12.4 Å². The van der Waals surface area contributed by atoms with Crippen molar-refractivity contribution in [2.45, 2.75) is 31.2 Å². The molecule has 21 heavy (non-hydrogen) atoms. The van der Waals surface area contributed by atoms with Crippen LogP contribution in [0.25, 0.3) is 0 Å².